The van der Waals surface area contributed by atoms with E-state index in [4.69, 9.17) is 14.1 Å². The van der Waals surface area contributed by atoms with Crippen LogP contribution in [0.4, 0.5) is 0 Å². The van der Waals surface area contributed by atoms with Crippen LogP contribution in [0, 0.1) is 0 Å². The van der Waals surface area contributed by atoms with E-state index >= 15 is 0 Å². The topological polar surface area (TPSA) is 62.0 Å². The molecule has 0 spiro atoms. The summed E-state index contributed by atoms with van der Waals surface area (Å²) in [5.74, 6) is 2.64. The second kappa shape index (κ2) is 11.2. The maximum Gasteiger partial charge on any atom is 0.191 e. The van der Waals surface area contributed by atoms with Crippen LogP contribution in [-0.4, -0.2) is 51.2 Å². The van der Waals surface area contributed by atoms with Crippen molar-refractivity contribution < 1.29 is 9.15 Å². The molecule has 1 unspecified atom stereocenters. The minimum Gasteiger partial charge on any atom is -0.494 e. The first-order chi connectivity index (χ1) is 12.7. The van der Waals surface area contributed by atoms with Crippen molar-refractivity contribution in [1.29, 1.82) is 0 Å². The van der Waals surface area contributed by atoms with Gasteiger partial charge in [0.05, 0.1) is 25.5 Å². The third-order valence-corrected chi connectivity index (χ3v) is 3.89. The number of hydrogen-bond donors (Lipinski definition) is 2. The molecule has 2 aromatic rings. The average Bonchev–Trinajstić information content (AvgIpc) is 3.16. The molecule has 1 heterocycles. The maximum atomic E-state index is 5.71. The average molecular weight is 358 g/mol. The Labute approximate surface area is 156 Å². The number of para-hydroxylation sites is 1. The van der Waals surface area contributed by atoms with Crippen LogP contribution < -0.4 is 15.4 Å². The van der Waals surface area contributed by atoms with E-state index in [0.29, 0.717) is 13.2 Å². The van der Waals surface area contributed by atoms with Gasteiger partial charge in [0, 0.05) is 13.1 Å². The second-order valence-electron chi connectivity index (χ2n) is 6.16. The van der Waals surface area contributed by atoms with Gasteiger partial charge in [-0.2, -0.15) is 0 Å². The molecule has 142 valence electrons. The predicted molar refractivity (Wildman–Crippen MR) is 106 cm³/mol. The summed E-state index contributed by atoms with van der Waals surface area (Å²) in [6.07, 6.45) is 2.60. The zero-order valence-corrected chi connectivity index (χ0v) is 15.9. The highest BCUT2D eigenvalue weighted by Crippen LogP contribution is 2.18. The lowest BCUT2D eigenvalue weighted by atomic mass is 10.2. The Hall–Kier alpha value is -2.47. The summed E-state index contributed by atoms with van der Waals surface area (Å²) in [7, 11) is 4.06. The number of likely N-dealkylation sites (N-methyl/N-ethyl adjacent to an activating group) is 1. The van der Waals surface area contributed by atoms with Crippen molar-refractivity contribution in [1.82, 2.24) is 15.5 Å². The summed E-state index contributed by atoms with van der Waals surface area (Å²) in [6.45, 7) is 4.97. The summed E-state index contributed by atoms with van der Waals surface area (Å²) in [6, 6.07) is 13.9. The first-order valence-electron chi connectivity index (χ1n) is 9.10. The smallest absolute Gasteiger partial charge is 0.191 e. The van der Waals surface area contributed by atoms with E-state index in [1.54, 1.807) is 6.26 Å². The molecule has 0 aliphatic rings. The molecule has 2 rings (SSSR count). The highest BCUT2D eigenvalue weighted by Gasteiger charge is 2.16. The standard InChI is InChI=1S/C20H30N4O2/c1-4-21-20(22-13-9-15-25-17-10-6-5-7-11-17)23-16-18(24(2)3)19-12-8-14-26-19/h5-8,10-12,14,18H,4,9,13,15-16H2,1-3H3,(H2,21,22,23). The number of rotatable bonds is 10. The van der Waals surface area contributed by atoms with Crippen LogP contribution in [0.3, 0.4) is 0 Å². The minimum absolute atomic E-state index is 0.113. The van der Waals surface area contributed by atoms with Gasteiger partial charge in [0.2, 0.25) is 0 Å². The van der Waals surface area contributed by atoms with Crippen molar-refractivity contribution in [2.75, 3.05) is 40.3 Å². The summed E-state index contributed by atoms with van der Waals surface area (Å²) in [5.41, 5.74) is 0. The fourth-order valence-corrected chi connectivity index (χ4v) is 2.49. The van der Waals surface area contributed by atoms with Crippen LogP contribution in [0.1, 0.15) is 25.1 Å². The van der Waals surface area contributed by atoms with Crippen LogP contribution >= 0.6 is 0 Å². The SMILES string of the molecule is CCNC(=NCC(c1ccco1)N(C)C)NCCCOc1ccccc1. The van der Waals surface area contributed by atoms with E-state index < -0.39 is 0 Å². The Morgan fingerprint density at radius 3 is 2.62 bits per heavy atom. The molecule has 0 bridgehead atoms. The molecule has 0 saturated carbocycles. The molecule has 0 amide bonds. The van der Waals surface area contributed by atoms with Crippen LogP contribution in [0.5, 0.6) is 5.75 Å². The Morgan fingerprint density at radius 1 is 1.15 bits per heavy atom. The number of ether oxygens (including phenoxy) is 1. The van der Waals surface area contributed by atoms with Crippen LogP contribution in [0.25, 0.3) is 0 Å². The molecular formula is C20H30N4O2. The molecule has 0 aliphatic heterocycles. The summed E-state index contributed by atoms with van der Waals surface area (Å²) < 4.78 is 11.2. The largest absolute Gasteiger partial charge is 0.494 e. The van der Waals surface area contributed by atoms with Crippen molar-refractivity contribution in [3.63, 3.8) is 0 Å². The molecule has 6 heteroatoms. The molecule has 26 heavy (non-hydrogen) atoms. The number of guanidine groups is 1. The van der Waals surface area contributed by atoms with E-state index in [-0.39, 0.29) is 6.04 Å². The fourth-order valence-electron chi connectivity index (χ4n) is 2.49. The molecule has 0 radical (unpaired) electrons. The molecule has 6 nitrogen and oxygen atoms in total. The van der Waals surface area contributed by atoms with E-state index in [1.807, 2.05) is 56.6 Å². The summed E-state index contributed by atoms with van der Waals surface area (Å²) >= 11 is 0. The molecular weight excluding hydrogens is 328 g/mol. The van der Waals surface area contributed by atoms with E-state index in [2.05, 4.69) is 22.5 Å². The minimum atomic E-state index is 0.113. The first kappa shape index (κ1) is 19.8. The van der Waals surface area contributed by atoms with E-state index in [9.17, 15) is 0 Å². The van der Waals surface area contributed by atoms with Gasteiger partial charge in [0.1, 0.15) is 11.5 Å². The van der Waals surface area contributed by atoms with Gasteiger partial charge >= 0.3 is 0 Å². The number of nitrogens with one attached hydrogen (secondary N) is 2. The Morgan fingerprint density at radius 2 is 1.96 bits per heavy atom. The zero-order chi connectivity index (χ0) is 18.6. The molecule has 1 aromatic carbocycles. The van der Waals surface area contributed by atoms with Gasteiger partial charge in [-0.1, -0.05) is 18.2 Å². The third kappa shape index (κ3) is 6.80. The molecule has 1 atom stereocenters. The predicted octanol–water partition coefficient (Wildman–Crippen LogP) is 2.91. The number of hydrogen-bond acceptors (Lipinski definition) is 4. The van der Waals surface area contributed by atoms with Gasteiger partial charge in [-0.25, -0.2) is 0 Å². The maximum absolute atomic E-state index is 5.71. The lowest BCUT2D eigenvalue weighted by Crippen LogP contribution is -2.38. The number of furan rings is 1. The monoisotopic (exact) mass is 358 g/mol. The van der Waals surface area contributed by atoms with Crippen molar-refractivity contribution in [2.24, 2.45) is 4.99 Å². The lowest BCUT2D eigenvalue weighted by Gasteiger charge is -2.21. The van der Waals surface area contributed by atoms with E-state index in [1.165, 1.54) is 0 Å². The molecule has 2 N–H and O–H groups in total. The number of nitrogens with zero attached hydrogens (tertiary/aromatic N) is 2. The van der Waals surface area contributed by atoms with Gasteiger partial charge in [0.25, 0.3) is 0 Å². The van der Waals surface area contributed by atoms with Crippen LogP contribution in [0.2, 0.25) is 0 Å². The van der Waals surface area contributed by atoms with Crippen molar-refractivity contribution in [2.45, 2.75) is 19.4 Å². The summed E-state index contributed by atoms with van der Waals surface area (Å²) in [4.78, 5) is 6.81. The number of aliphatic imine (C=N–C) groups is 1. The zero-order valence-electron chi connectivity index (χ0n) is 15.9. The Bertz CT molecular complexity index is 627. The van der Waals surface area contributed by atoms with Gasteiger partial charge in [-0.15, -0.1) is 0 Å². The molecule has 0 saturated heterocycles. The second-order valence-corrected chi connectivity index (χ2v) is 6.16. The summed E-state index contributed by atoms with van der Waals surface area (Å²) in [5, 5.41) is 6.64. The molecule has 1 aromatic heterocycles. The molecule has 0 fully saturated rings. The Kier molecular flexibility index (Phi) is 8.55. The highest BCUT2D eigenvalue weighted by molar-refractivity contribution is 5.79. The van der Waals surface area contributed by atoms with Crippen LogP contribution in [-0.2, 0) is 0 Å². The van der Waals surface area contributed by atoms with Gasteiger partial charge in [-0.3, -0.25) is 9.89 Å². The van der Waals surface area contributed by atoms with Crippen LogP contribution in [0.15, 0.2) is 58.1 Å². The molecule has 0 aliphatic carbocycles. The fraction of sp³-hybridized carbons (Fsp3) is 0.450. The van der Waals surface area contributed by atoms with Gasteiger partial charge in [-0.05, 0) is 51.7 Å². The first-order valence-corrected chi connectivity index (χ1v) is 9.10. The highest BCUT2D eigenvalue weighted by atomic mass is 16.5. The van der Waals surface area contributed by atoms with Gasteiger partial charge in [0.15, 0.2) is 5.96 Å². The van der Waals surface area contributed by atoms with Crippen molar-refractivity contribution in [3.05, 3.63) is 54.5 Å². The number of benzene rings is 1. The van der Waals surface area contributed by atoms with Gasteiger partial charge < -0.3 is 19.8 Å². The normalized spacial score (nSPS) is 12.8. The Balaban J connectivity index is 1.78. The van der Waals surface area contributed by atoms with Crippen molar-refractivity contribution in [3.8, 4) is 5.75 Å². The third-order valence-electron chi connectivity index (χ3n) is 3.89. The lowest BCUT2D eigenvalue weighted by molar-refractivity contribution is 0.265. The quantitative estimate of drug-likeness (QED) is 0.388. The van der Waals surface area contributed by atoms with Crippen molar-refractivity contribution >= 4 is 5.96 Å². The van der Waals surface area contributed by atoms with E-state index in [0.717, 1.165) is 37.0 Å².